The number of fused-ring (bicyclic) bond motifs is 1. The van der Waals surface area contributed by atoms with E-state index >= 15 is 0 Å². The summed E-state index contributed by atoms with van der Waals surface area (Å²) in [7, 11) is 0. The number of ether oxygens (including phenoxy) is 1. The first kappa shape index (κ1) is 28.7. The smallest absolute Gasteiger partial charge is 0.311 e. The van der Waals surface area contributed by atoms with Gasteiger partial charge in [0.1, 0.15) is 6.04 Å². The van der Waals surface area contributed by atoms with Crippen LogP contribution >= 0.6 is 23.4 Å². The van der Waals surface area contributed by atoms with Crippen LogP contribution in [-0.2, 0) is 19.1 Å². The molecule has 3 aliphatic heterocycles. The van der Waals surface area contributed by atoms with Crippen LogP contribution in [0, 0.1) is 18.8 Å². The molecule has 1 spiro atoms. The number of aliphatic hydroxyl groups excluding tert-OH is 1. The summed E-state index contributed by atoms with van der Waals surface area (Å²) >= 11 is 8.17. The Morgan fingerprint density at radius 2 is 2.08 bits per heavy atom. The van der Waals surface area contributed by atoms with Gasteiger partial charge < -0.3 is 19.6 Å². The molecule has 4 rings (SSSR count). The molecule has 3 aliphatic rings. The third-order valence-corrected chi connectivity index (χ3v) is 10.6. The number of aryl methyl sites for hydroxylation is 1. The van der Waals surface area contributed by atoms with Gasteiger partial charge >= 0.3 is 5.97 Å². The number of esters is 1. The first-order valence-corrected chi connectivity index (χ1v) is 14.4. The van der Waals surface area contributed by atoms with E-state index in [2.05, 4.69) is 13.2 Å². The van der Waals surface area contributed by atoms with Crippen molar-refractivity contribution in [3.05, 3.63) is 54.1 Å². The number of unbranched alkanes of at least 4 members (excludes halogenated alkanes) is 1. The van der Waals surface area contributed by atoms with E-state index in [4.69, 9.17) is 16.3 Å². The molecule has 0 radical (unpaired) electrons. The van der Waals surface area contributed by atoms with Gasteiger partial charge in [-0.15, -0.1) is 24.9 Å². The largest absolute Gasteiger partial charge is 0.465 e. The van der Waals surface area contributed by atoms with Gasteiger partial charge in [0.2, 0.25) is 5.91 Å². The predicted molar refractivity (Wildman–Crippen MR) is 151 cm³/mol. The highest BCUT2D eigenvalue weighted by atomic mass is 35.5. The van der Waals surface area contributed by atoms with E-state index in [1.165, 1.54) is 4.90 Å². The molecule has 206 valence electrons. The number of allylic oxidation sites excluding steroid dienone is 1. The Balaban J connectivity index is 1.78. The molecule has 1 N–H and O–H groups in total. The second-order valence-electron chi connectivity index (χ2n) is 10.7. The minimum absolute atomic E-state index is 0.201. The van der Waals surface area contributed by atoms with Crippen molar-refractivity contribution >= 4 is 46.8 Å². The van der Waals surface area contributed by atoms with Crippen LogP contribution in [0.5, 0.6) is 0 Å². The molecule has 2 unspecified atom stereocenters. The molecule has 0 aromatic heterocycles. The van der Waals surface area contributed by atoms with E-state index in [0.717, 1.165) is 12.0 Å². The average Bonchev–Trinajstić information content (AvgIpc) is 3.45. The number of rotatable bonds is 11. The first-order valence-electron chi connectivity index (χ1n) is 13.2. The topological polar surface area (TPSA) is 87.1 Å². The number of para-hydroxylation sites is 1. The number of carbonyl (C=O) groups excluding carboxylic acids is 3. The number of hydrogen-bond acceptors (Lipinski definition) is 6. The molecule has 9 heteroatoms. The first-order chi connectivity index (χ1) is 18.1. The molecule has 0 saturated carbocycles. The molecule has 7 nitrogen and oxygen atoms in total. The lowest BCUT2D eigenvalue weighted by molar-refractivity contribution is -0.156. The van der Waals surface area contributed by atoms with Crippen molar-refractivity contribution in [3.63, 3.8) is 0 Å². The summed E-state index contributed by atoms with van der Waals surface area (Å²) in [5.74, 6) is -2.33. The van der Waals surface area contributed by atoms with E-state index in [0.29, 0.717) is 30.0 Å². The molecule has 2 amide bonds. The molecule has 1 aromatic rings. The maximum Gasteiger partial charge on any atom is 0.311 e. The number of halogens is 1. The zero-order valence-electron chi connectivity index (χ0n) is 22.3. The maximum atomic E-state index is 14.6. The van der Waals surface area contributed by atoms with Crippen LogP contribution in [0.25, 0.3) is 0 Å². The molecule has 3 heterocycles. The molecular formula is C29H37ClN2O5S. The molecule has 38 heavy (non-hydrogen) atoms. The molecule has 3 fully saturated rings. The zero-order valence-corrected chi connectivity index (χ0v) is 23.9. The number of amides is 2. The van der Waals surface area contributed by atoms with Gasteiger partial charge in [0, 0.05) is 11.3 Å². The predicted octanol–water partition coefficient (Wildman–Crippen LogP) is 4.54. The van der Waals surface area contributed by atoms with Gasteiger partial charge in [-0.3, -0.25) is 14.4 Å². The van der Waals surface area contributed by atoms with Crippen LogP contribution in [0.3, 0.4) is 0 Å². The minimum Gasteiger partial charge on any atom is -0.465 e. The van der Waals surface area contributed by atoms with Crippen LogP contribution < -0.4 is 4.90 Å². The number of anilines is 1. The van der Waals surface area contributed by atoms with Crippen molar-refractivity contribution in [2.45, 2.75) is 68.0 Å². The van der Waals surface area contributed by atoms with Gasteiger partial charge in [0.05, 0.1) is 46.5 Å². The lowest BCUT2D eigenvalue weighted by atomic mass is 9.66. The highest BCUT2D eigenvalue weighted by Crippen LogP contribution is 2.71. The summed E-state index contributed by atoms with van der Waals surface area (Å²) in [5.41, 5.74) is 1.40. The Bertz CT molecular complexity index is 1120. The number of carbonyl (C=O) groups is 3. The second-order valence-corrected chi connectivity index (χ2v) is 13.0. The van der Waals surface area contributed by atoms with Crippen LogP contribution in [0.4, 0.5) is 5.69 Å². The molecule has 2 bridgehead atoms. The van der Waals surface area contributed by atoms with Crippen molar-refractivity contribution in [2.24, 2.45) is 11.8 Å². The summed E-state index contributed by atoms with van der Waals surface area (Å²) in [4.78, 5) is 45.3. The van der Waals surface area contributed by atoms with Gasteiger partial charge in [-0.2, -0.15) is 0 Å². The Labute approximate surface area is 234 Å². The van der Waals surface area contributed by atoms with Crippen molar-refractivity contribution in [1.82, 2.24) is 4.90 Å². The number of nitrogens with zero attached hydrogens (tertiary/aromatic N) is 2. The number of benzene rings is 1. The van der Waals surface area contributed by atoms with E-state index in [-0.39, 0.29) is 31.6 Å². The quantitative estimate of drug-likeness (QED) is 0.243. The van der Waals surface area contributed by atoms with Crippen LogP contribution in [0.15, 0.2) is 43.5 Å². The lowest BCUT2D eigenvalue weighted by Gasteiger charge is -2.39. The van der Waals surface area contributed by atoms with E-state index in [1.807, 2.05) is 26.0 Å². The number of thioether (sulfide) groups is 1. The Kier molecular flexibility index (Phi) is 8.36. The number of hydrogen-bond donors (Lipinski definition) is 1. The summed E-state index contributed by atoms with van der Waals surface area (Å²) in [5, 5.41) is 10.5. The van der Waals surface area contributed by atoms with Gasteiger partial charge in [0.25, 0.3) is 5.91 Å². The van der Waals surface area contributed by atoms with Crippen LogP contribution in [0.1, 0.15) is 45.1 Å². The Morgan fingerprint density at radius 1 is 1.34 bits per heavy atom. The monoisotopic (exact) mass is 560 g/mol. The normalized spacial score (nSPS) is 30.2. The highest BCUT2D eigenvalue weighted by Gasteiger charge is 2.78. The Morgan fingerprint density at radius 3 is 2.71 bits per heavy atom. The number of likely N-dealkylation sites (tertiary alicyclic amines) is 1. The van der Waals surface area contributed by atoms with E-state index in [1.54, 1.807) is 41.8 Å². The summed E-state index contributed by atoms with van der Waals surface area (Å²) in [6, 6.07) is 3.97. The van der Waals surface area contributed by atoms with E-state index < -0.39 is 39.4 Å². The highest BCUT2D eigenvalue weighted by molar-refractivity contribution is 8.02. The van der Waals surface area contributed by atoms with Gasteiger partial charge in [0.15, 0.2) is 0 Å². The fourth-order valence-electron chi connectivity index (χ4n) is 6.59. The molecule has 3 saturated heterocycles. The van der Waals surface area contributed by atoms with Crippen molar-refractivity contribution in [3.8, 4) is 0 Å². The molecular weight excluding hydrogens is 524 g/mol. The van der Waals surface area contributed by atoms with Crippen molar-refractivity contribution < 1.29 is 24.2 Å². The minimum atomic E-state index is -0.872. The third kappa shape index (κ3) is 4.48. The van der Waals surface area contributed by atoms with E-state index in [9.17, 15) is 19.5 Å². The molecule has 6 atom stereocenters. The van der Waals surface area contributed by atoms with Gasteiger partial charge in [-0.1, -0.05) is 35.9 Å². The van der Waals surface area contributed by atoms with Crippen molar-refractivity contribution in [1.29, 1.82) is 0 Å². The summed E-state index contributed by atoms with van der Waals surface area (Å²) < 4.78 is 4.32. The molecule has 0 aliphatic carbocycles. The van der Waals surface area contributed by atoms with Crippen LogP contribution in [-0.4, -0.2) is 69.1 Å². The number of aliphatic hydroxyl groups is 1. The fraction of sp³-hybridized carbons (Fsp3) is 0.552. The Hall–Kier alpha value is -2.29. The summed E-state index contributed by atoms with van der Waals surface area (Å²) in [6.45, 7) is 13.3. The van der Waals surface area contributed by atoms with Gasteiger partial charge in [-0.25, -0.2) is 0 Å². The zero-order chi connectivity index (χ0) is 27.8. The fourth-order valence-corrected chi connectivity index (χ4v) is 9.24. The lowest BCUT2D eigenvalue weighted by Crippen LogP contribution is -2.57. The second kappa shape index (κ2) is 11.1. The molecule has 1 aromatic carbocycles. The average molecular weight is 561 g/mol. The van der Waals surface area contributed by atoms with Crippen LogP contribution in [0.2, 0.25) is 5.02 Å². The van der Waals surface area contributed by atoms with Gasteiger partial charge in [-0.05, 0) is 58.1 Å². The SMILES string of the molecule is C=CCCCOC(=O)[C@H]1[C@H]2C(=O)N([C@H](C)CO)C(C(=O)N(CC=C)c3c(C)cccc3Cl)C23CC[C@]1(C)S3. The standard InChI is InChI=1S/C29H37ClN2O5S/c1-6-8-9-16-37-27(36)22-21-25(34)32(19(4)17-33)24(29(21)14-13-28(22,5)38-29)26(35)31(15-7-2)23-18(3)11-10-12-20(23)30/h6-7,10-12,19,21-22,24,33H,1-2,8-9,13-17H2,3-5H3/t19-,21+,22-,24?,28+,29?/m1/s1. The maximum absolute atomic E-state index is 14.6. The summed E-state index contributed by atoms with van der Waals surface area (Å²) in [6.07, 6.45) is 6.10. The van der Waals surface area contributed by atoms with Crippen molar-refractivity contribution in [2.75, 3.05) is 24.7 Å². The third-order valence-electron chi connectivity index (χ3n) is 8.27.